The Kier molecular flexibility index (Phi) is 4.96. The van der Waals surface area contributed by atoms with Crippen LogP contribution in [0.5, 0.6) is 11.5 Å². The number of hydrogen-bond donors (Lipinski definition) is 1. The Balaban J connectivity index is 2.19. The van der Waals surface area contributed by atoms with Crippen LogP contribution in [-0.2, 0) is 13.2 Å². The molecule has 20 heavy (non-hydrogen) atoms. The zero-order valence-corrected chi connectivity index (χ0v) is 11.3. The molecule has 0 aliphatic heterocycles. The molecular weight excluding hydrogens is 259 g/mol. The van der Waals surface area contributed by atoms with Crippen LogP contribution in [0.4, 0.5) is 4.39 Å². The molecule has 0 aliphatic carbocycles. The molecule has 0 radical (unpaired) electrons. The smallest absolute Gasteiger partial charge is 0.167 e. The summed E-state index contributed by atoms with van der Waals surface area (Å²) in [6.07, 6.45) is 0. The van der Waals surface area contributed by atoms with Crippen molar-refractivity contribution < 1.29 is 19.0 Å². The summed E-state index contributed by atoms with van der Waals surface area (Å²) in [4.78, 5) is 0. The first kappa shape index (κ1) is 14.3. The van der Waals surface area contributed by atoms with Gasteiger partial charge >= 0.3 is 0 Å². The van der Waals surface area contributed by atoms with Crippen molar-refractivity contribution in [1.29, 1.82) is 0 Å². The minimum atomic E-state index is -0.299. The summed E-state index contributed by atoms with van der Waals surface area (Å²) in [5, 5.41) is 9.36. The number of benzene rings is 2. The Hall–Kier alpha value is -2.07. The van der Waals surface area contributed by atoms with Crippen LogP contribution in [-0.4, -0.2) is 11.7 Å². The van der Waals surface area contributed by atoms with Gasteiger partial charge in [-0.1, -0.05) is 24.3 Å². The van der Waals surface area contributed by atoms with Crippen molar-refractivity contribution in [3.8, 4) is 11.5 Å². The highest BCUT2D eigenvalue weighted by atomic mass is 19.1. The predicted octanol–water partition coefficient (Wildman–Crippen LogP) is 3.30. The monoisotopic (exact) mass is 276 g/mol. The number of hydrogen-bond acceptors (Lipinski definition) is 3. The minimum Gasteiger partial charge on any atom is -0.490 e. The summed E-state index contributed by atoms with van der Waals surface area (Å²) in [5.74, 6) is 0.781. The van der Waals surface area contributed by atoms with Gasteiger partial charge in [-0.15, -0.1) is 0 Å². The van der Waals surface area contributed by atoms with Crippen molar-refractivity contribution >= 4 is 0 Å². The van der Waals surface area contributed by atoms with Crippen LogP contribution in [0.1, 0.15) is 18.1 Å². The Bertz CT molecular complexity index is 569. The third-order valence-corrected chi connectivity index (χ3v) is 2.80. The first-order valence-electron chi connectivity index (χ1n) is 6.47. The first-order valence-corrected chi connectivity index (χ1v) is 6.47. The van der Waals surface area contributed by atoms with Gasteiger partial charge in [0.2, 0.25) is 0 Å². The van der Waals surface area contributed by atoms with Crippen LogP contribution in [0.15, 0.2) is 42.5 Å². The Morgan fingerprint density at radius 3 is 2.60 bits per heavy atom. The highest BCUT2D eigenvalue weighted by molar-refractivity contribution is 5.46. The van der Waals surface area contributed by atoms with Crippen molar-refractivity contribution in [3.05, 3.63) is 59.4 Å². The van der Waals surface area contributed by atoms with Gasteiger partial charge in [0.05, 0.1) is 13.2 Å². The third kappa shape index (κ3) is 3.48. The Morgan fingerprint density at radius 1 is 1.10 bits per heavy atom. The summed E-state index contributed by atoms with van der Waals surface area (Å²) < 4.78 is 24.3. The van der Waals surface area contributed by atoms with Crippen molar-refractivity contribution in [3.63, 3.8) is 0 Å². The molecule has 1 N–H and O–H groups in total. The lowest BCUT2D eigenvalue weighted by atomic mass is 10.2. The molecule has 0 atom stereocenters. The van der Waals surface area contributed by atoms with Gasteiger partial charge in [-0.05, 0) is 30.7 Å². The van der Waals surface area contributed by atoms with Crippen LogP contribution in [0.2, 0.25) is 0 Å². The van der Waals surface area contributed by atoms with E-state index in [4.69, 9.17) is 9.47 Å². The van der Waals surface area contributed by atoms with Gasteiger partial charge in [-0.2, -0.15) is 0 Å². The minimum absolute atomic E-state index is 0.139. The molecular formula is C16H17FO3. The van der Waals surface area contributed by atoms with E-state index in [9.17, 15) is 9.50 Å². The van der Waals surface area contributed by atoms with Crippen molar-refractivity contribution in [2.75, 3.05) is 6.61 Å². The van der Waals surface area contributed by atoms with E-state index in [0.717, 1.165) is 5.56 Å². The van der Waals surface area contributed by atoms with E-state index in [-0.39, 0.29) is 19.0 Å². The highest BCUT2D eigenvalue weighted by Gasteiger charge is 2.10. The highest BCUT2D eigenvalue weighted by Crippen LogP contribution is 2.32. The third-order valence-electron chi connectivity index (χ3n) is 2.80. The predicted molar refractivity (Wildman–Crippen MR) is 74.3 cm³/mol. The van der Waals surface area contributed by atoms with Gasteiger partial charge in [0.25, 0.3) is 0 Å². The van der Waals surface area contributed by atoms with Crippen LogP contribution < -0.4 is 9.47 Å². The number of halogens is 1. The van der Waals surface area contributed by atoms with E-state index in [1.165, 1.54) is 12.1 Å². The fraction of sp³-hybridized carbons (Fsp3) is 0.250. The molecule has 0 aromatic heterocycles. The number of ether oxygens (including phenoxy) is 2. The molecule has 0 heterocycles. The molecule has 0 fully saturated rings. The molecule has 2 aromatic rings. The lowest BCUT2D eigenvalue weighted by Gasteiger charge is -2.15. The van der Waals surface area contributed by atoms with Crippen molar-refractivity contribution in [2.45, 2.75) is 20.1 Å². The summed E-state index contributed by atoms with van der Waals surface area (Å²) in [7, 11) is 0. The number of para-hydroxylation sites is 1. The number of aliphatic hydroxyl groups excluding tert-OH is 1. The SMILES string of the molecule is CCOc1cccc(CO)c1OCc1cccc(F)c1. The van der Waals surface area contributed by atoms with Gasteiger partial charge in [0.1, 0.15) is 12.4 Å². The molecule has 0 spiro atoms. The molecule has 106 valence electrons. The van der Waals surface area contributed by atoms with E-state index in [1.807, 2.05) is 6.92 Å². The van der Waals surface area contributed by atoms with Gasteiger partial charge in [0.15, 0.2) is 11.5 Å². The molecule has 2 rings (SSSR count). The quantitative estimate of drug-likeness (QED) is 0.879. The van der Waals surface area contributed by atoms with Crippen LogP contribution in [0, 0.1) is 5.82 Å². The van der Waals surface area contributed by atoms with E-state index >= 15 is 0 Å². The maximum Gasteiger partial charge on any atom is 0.167 e. The fourth-order valence-electron chi connectivity index (χ4n) is 1.90. The fourth-order valence-corrected chi connectivity index (χ4v) is 1.90. The average Bonchev–Trinajstić information content (AvgIpc) is 2.46. The second-order valence-corrected chi connectivity index (χ2v) is 4.25. The topological polar surface area (TPSA) is 38.7 Å². The molecule has 0 amide bonds. The Labute approximate surface area is 117 Å². The van der Waals surface area contributed by atoms with Crippen LogP contribution in [0.25, 0.3) is 0 Å². The molecule has 0 unspecified atom stereocenters. The molecule has 4 heteroatoms. The van der Waals surface area contributed by atoms with E-state index < -0.39 is 0 Å². The molecule has 0 saturated carbocycles. The zero-order chi connectivity index (χ0) is 14.4. The van der Waals surface area contributed by atoms with E-state index in [1.54, 1.807) is 30.3 Å². The Morgan fingerprint density at radius 2 is 1.90 bits per heavy atom. The molecule has 2 aromatic carbocycles. The second kappa shape index (κ2) is 6.91. The van der Waals surface area contributed by atoms with Gasteiger partial charge in [0, 0.05) is 5.56 Å². The second-order valence-electron chi connectivity index (χ2n) is 4.25. The summed E-state index contributed by atoms with van der Waals surface area (Å²) in [6.45, 7) is 2.46. The van der Waals surface area contributed by atoms with Crippen molar-refractivity contribution in [2.24, 2.45) is 0 Å². The normalized spacial score (nSPS) is 10.3. The van der Waals surface area contributed by atoms with Crippen molar-refractivity contribution in [1.82, 2.24) is 0 Å². The molecule has 0 saturated heterocycles. The van der Waals surface area contributed by atoms with Gasteiger partial charge < -0.3 is 14.6 Å². The van der Waals surface area contributed by atoms with Gasteiger partial charge in [-0.3, -0.25) is 0 Å². The summed E-state index contributed by atoms with van der Waals surface area (Å²) >= 11 is 0. The van der Waals surface area contributed by atoms with E-state index in [0.29, 0.717) is 23.7 Å². The average molecular weight is 276 g/mol. The number of aliphatic hydroxyl groups is 1. The van der Waals surface area contributed by atoms with Crippen LogP contribution in [0.3, 0.4) is 0 Å². The molecule has 0 bridgehead atoms. The largest absolute Gasteiger partial charge is 0.490 e. The summed E-state index contributed by atoms with van der Waals surface area (Å²) in [5.41, 5.74) is 1.37. The van der Waals surface area contributed by atoms with Crippen LogP contribution >= 0.6 is 0 Å². The maximum absolute atomic E-state index is 13.1. The molecule has 0 aliphatic rings. The number of rotatable bonds is 6. The zero-order valence-electron chi connectivity index (χ0n) is 11.3. The lowest BCUT2D eigenvalue weighted by Crippen LogP contribution is -2.03. The molecule has 3 nitrogen and oxygen atoms in total. The van der Waals surface area contributed by atoms with Gasteiger partial charge in [-0.25, -0.2) is 4.39 Å². The standard InChI is InChI=1S/C16H17FO3/c1-2-19-15-8-4-6-13(10-18)16(15)20-11-12-5-3-7-14(17)9-12/h3-9,18H,2,10-11H2,1H3. The summed E-state index contributed by atoms with van der Waals surface area (Å²) in [6, 6.07) is 11.6. The maximum atomic E-state index is 13.1. The van der Waals surface area contributed by atoms with E-state index in [2.05, 4.69) is 0 Å². The lowest BCUT2D eigenvalue weighted by molar-refractivity contribution is 0.243. The first-order chi connectivity index (χ1) is 9.74.